The van der Waals surface area contributed by atoms with Gasteiger partial charge in [0.2, 0.25) is 0 Å². The lowest BCUT2D eigenvalue weighted by Gasteiger charge is -1.82. The lowest BCUT2D eigenvalue weighted by Crippen LogP contribution is -1.93. The maximum absolute atomic E-state index is 10.1. The highest BCUT2D eigenvalue weighted by Gasteiger charge is 1.85. The summed E-state index contributed by atoms with van der Waals surface area (Å²) in [5.41, 5.74) is 0.633. The number of hydrogen-bond acceptors (Lipinski definition) is 1. The van der Waals surface area contributed by atoms with Crippen LogP contribution in [0.5, 0.6) is 0 Å². The smallest absolute Gasteiger partial charge is 0.294 e. The van der Waals surface area contributed by atoms with E-state index in [1.165, 1.54) is 16.3 Å². The molecule has 31 valence electrons. The van der Waals surface area contributed by atoms with Crippen molar-refractivity contribution in [2.24, 2.45) is 0 Å². The SMILES string of the molecule is C=C(C)[C](=O)[AlH]. The molecule has 0 aliphatic heterocycles. The van der Waals surface area contributed by atoms with Gasteiger partial charge in [-0.15, -0.1) is 0 Å². The normalized spacial score (nSPS) is 7.50. The molecule has 1 nitrogen and oxygen atoms in total. The van der Waals surface area contributed by atoms with Crippen LogP contribution in [0.3, 0.4) is 0 Å². The molecule has 0 saturated heterocycles. The van der Waals surface area contributed by atoms with Crippen molar-refractivity contribution in [1.29, 1.82) is 0 Å². The van der Waals surface area contributed by atoms with E-state index >= 15 is 0 Å². The van der Waals surface area contributed by atoms with Crippen LogP contribution in [0.25, 0.3) is 0 Å². The summed E-state index contributed by atoms with van der Waals surface area (Å²) in [4.78, 5) is 10.1. The molecule has 0 aromatic heterocycles. The highest BCUT2D eigenvalue weighted by atomic mass is 27.0. The van der Waals surface area contributed by atoms with E-state index in [9.17, 15) is 4.79 Å². The molecule has 0 heterocycles. The van der Waals surface area contributed by atoms with E-state index in [1.54, 1.807) is 6.92 Å². The molecule has 0 saturated carbocycles. The molecule has 0 rings (SSSR count). The average Bonchev–Trinajstić information content (AvgIpc) is 1.36. The molecule has 0 aliphatic rings. The van der Waals surface area contributed by atoms with Crippen LogP contribution in [0.1, 0.15) is 6.92 Å². The average molecular weight is 97.1 g/mol. The standard InChI is InChI=1S/C4H5O.Al.H/c1-4(2)3-5;;/h1H2,2H3;;. The fourth-order valence-corrected chi connectivity index (χ4v) is 0. The molecule has 0 aliphatic carbocycles. The zero-order chi connectivity index (χ0) is 5.15. The van der Waals surface area contributed by atoms with E-state index in [0.29, 0.717) is 5.57 Å². The Labute approximate surface area is 45.5 Å². The third-order valence-electron chi connectivity index (χ3n) is 0.476. The molecule has 0 N–H and O–H groups in total. The van der Waals surface area contributed by atoms with Gasteiger partial charge in [-0.05, 0) is 12.5 Å². The van der Waals surface area contributed by atoms with Crippen LogP contribution in [-0.4, -0.2) is 20.9 Å². The second-order valence-corrected chi connectivity index (χ2v) is 1.85. The second-order valence-electron chi connectivity index (χ2n) is 1.20. The van der Waals surface area contributed by atoms with Gasteiger partial charge in [-0.2, -0.15) is 0 Å². The minimum atomic E-state index is 0.0926. The first-order valence-corrected chi connectivity index (χ1v) is 2.37. The van der Waals surface area contributed by atoms with E-state index in [0.717, 1.165) is 0 Å². The minimum absolute atomic E-state index is 0.0926. The van der Waals surface area contributed by atoms with E-state index in [4.69, 9.17) is 0 Å². The summed E-state index contributed by atoms with van der Waals surface area (Å²) in [6.45, 7) is 5.12. The fourth-order valence-electron chi connectivity index (χ4n) is 0. The first-order chi connectivity index (χ1) is 2.64. The van der Waals surface area contributed by atoms with Crippen LogP contribution < -0.4 is 0 Å². The molecule has 0 fully saturated rings. The van der Waals surface area contributed by atoms with Crippen molar-refractivity contribution >= 4 is 20.9 Å². The van der Waals surface area contributed by atoms with Gasteiger partial charge in [0.25, 0.3) is 16.3 Å². The van der Waals surface area contributed by atoms with Crippen molar-refractivity contribution in [3.63, 3.8) is 0 Å². The highest BCUT2D eigenvalue weighted by molar-refractivity contribution is 6.62. The second kappa shape index (κ2) is 2.18. The maximum atomic E-state index is 10.1. The quantitative estimate of drug-likeness (QED) is 0.332. The Morgan fingerprint density at radius 1 is 1.83 bits per heavy atom. The van der Waals surface area contributed by atoms with E-state index in [2.05, 4.69) is 6.58 Å². The van der Waals surface area contributed by atoms with Crippen LogP contribution >= 0.6 is 0 Å². The van der Waals surface area contributed by atoms with Crippen molar-refractivity contribution in [3.05, 3.63) is 12.2 Å². The molecule has 0 unspecified atom stereocenters. The van der Waals surface area contributed by atoms with Crippen molar-refractivity contribution in [3.8, 4) is 0 Å². The van der Waals surface area contributed by atoms with Gasteiger partial charge in [-0.25, -0.2) is 0 Å². The topological polar surface area (TPSA) is 17.1 Å². The van der Waals surface area contributed by atoms with Gasteiger partial charge in [0.15, 0.2) is 0 Å². The van der Waals surface area contributed by atoms with Crippen molar-refractivity contribution in [1.82, 2.24) is 0 Å². The molecule has 0 spiro atoms. The predicted octanol–water partition coefficient (Wildman–Crippen LogP) is -0.0101. The van der Waals surface area contributed by atoms with Gasteiger partial charge >= 0.3 is 0 Å². The molecule has 0 amide bonds. The summed E-state index contributed by atoms with van der Waals surface area (Å²) in [5, 5.41) is 0. The Bertz CT molecular complexity index is 73.5. The maximum Gasteiger partial charge on any atom is 0.294 e. The number of carbonyl (C=O) groups excluding carboxylic acids is 1. The van der Waals surface area contributed by atoms with Gasteiger partial charge in [0.05, 0.1) is 4.65 Å². The zero-order valence-electron chi connectivity index (χ0n) is 3.82. The van der Waals surface area contributed by atoms with Crippen molar-refractivity contribution < 1.29 is 4.79 Å². The Morgan fingerprint density at radius 3 is 2.00 bits per heavy atom. The summed E-state index contributed by atoms with van der Waals surface area (Å²) >= 11 is 1.32. The number of carbonyl (C=O) groups is 1. The van der Waals surface area contributed by atoms with Gasteiger partial charge in [0, 0.05) is 0 Å². The number of allylic oxidation sites excluding steroid dienone is 1. The summed E-state index contributed by atoms with van der Waals surface area (Å²) in [6.07, 6.45) is 0. The third-order valence-corrected chi connectivity index (χ3v) is 1.08. The molecule has 0 bridgehead atoms. The fraction of sp³-hybridized carbons (Fsp3) is 0.250. The Balaban J connectivity index is 3.57. The first-order valence-electron chi connectivity index (χ1n) is 1.66. The van der Waals surface area contributed by atoms with Crippen LogP contribution in [0.2, 0.25) is 0 Å². The van der Waals surface area contributed by atoms with Crippen LogP contribution in [0.4, 0.5) is 0 Å². The Morgan fingerprint density at radius 2 is 2.00 bits per heavy atom. The van der Waals surface area contributed by atoms with E-state index in [1.807, 2.05) is 0 Å². The van der Waals surface area contributed by atoms with Gasteiger partial charge in [-0.3, -0.25) is 0 Å². The molecule has 2 heteroatoms. The molecular formula is C4H6AlO. The van der Waals surface area contributed by atoms with Crippen LogP contribution in [0, 0.1) is 0 Å². The van der Waals surface area contributed by atoms with Crippen molar-refractivity contribution in [2.75, 3.05) is 0 Å². The van der Waals surface area contributed by atoms with Gasteiger partial charge in [0.1, 0.15) is 0 Å². The zero-order valence-corrected chi connectivity index (χ0v) is 5.24. The highest BCUT2D eigenvalue weighted by Crippen LogP contribution is 1.80. The molecule has 0 atom stereocenters. The number of rotatable bonds is 1. The Kier molecular flexibility index (Phi) is 2.15. The Hall–Kier alpha value is -0.0575. The molecule has 0 aromatic rings. The number of hydrogen-bond donors (Lipinski definition) is 0. The molecular weight excluding hydrogens is 91.0 g/mol. The lowest BCUT2D eigenvalue weighted by molar-refractivity contribution is -0.108. The molecule has 1 radical (unpaired) electrons. The third kappa shape index (κ3) is 2.20. The lowest BCUT2D eigenvalue weighted by atomic mass is 10.4. The molecule has 0 aromatic carbocycles. The summed E-state index contributed by atoms with van der Waals surface area (Å²) in [5.74, 6) is 0. The summed E-state index contributed by atoms with van der Waals surface area (Å²) in [7, 11) is 0. The van der Waals surface area contributed by atoms with E-state index < -0.39 is 0 Å². The van der Waals surface area contributed by atoms with Gasteiger partial charge in [-0.1, -0.05) is 6.58 Å². The van der Waals surface area contributed by atoms with Crippen LogP contribution in [0.15, 0.2) is 12.2 Å². The first kappa shape index (κ1) is 5.94. The molecule has 6 heavy (non-hydrogen) atoms. The van der Waals surface area contributed by atoms with E-state index in [-0.39, 0.29) is 4.65 Å². The predicted molar refractivity (Wildman–Crippen MR) is 27.0 cm³/mol. The monoisotopic (exact) mass is 97.0 g/mol. The summed E-state index contributed by atoms with van der Waals surface area (Å²) in [6, 6.07) is 0. The van der Waals surface area contributed by atoms with Crippen LogP contribution in [-0.2, 0) is 4.79 Å². The largest absolute Gasteiger partial charge is 0.318 e. The minimum Gasteiger partial charge on any atom is -0.318 e. The summed E-state index contributed by atoms with van der Waals surface area (Å²) < 4.78 is 0.0926. The van der Waals surface area contributed by atoms with Crippen molar-refractivity contribution in [2.45, 2.75) is 6.92 Å². The van der Waals surface area contributed by atoms with Gasteiger partial charge < -0.3 is 4.79 Å².